The Morgan fingerprint density at radius 3 is 2.41 bits per heavy atom. The van der Waals surface area contributed by atoms with Crippen LogP contribution in [0.5, 0.6) is 0 Å². The Balaban J connectivity index is 1.63. The van der Waals surface area contributed by atoms with Gasteiger partial charge in [-0.3, -0.25) is 4.79 Å². The smallest absolute Gasteiger partial charge is 0.363 e. The summed E-state index contributed by atoms with van der Waals surface area (Å²) in [7, 11) is 1.95. The van der Waals surface area contributed by atoms with Crippen LogP contribution in [0.15, 0.2) is 30.3 Å². The molecule has 1 N–H and O–H groups in total. The number of rotatable bonds is 2. The van der Waals surface area contributed by atoms with E-state index in [1.807, 2.05) is 7.05 Å². The first-order valence-electron chi connectivity index (χ1n) is 9.38. The lowest BCUT2D eigenvalue weighted by Crippen LogP contribution is -2.47. The summed E-state index contributed by atoms with van der Waals surface area (Å²) in [5.41, 5.74) is 0.533. The predicted molar refractivity (Wildman–Crippen MR) is 98.1 cm³/mol. The quantitative estimate of drug-likeness (QED) is 0.772. The van der Waals surface area contributed by atoms with E-state index in [0.717, 1.165) is 4.68 Å². The summed E-state index contributed by atoms with van der Waals surface area (Å²) in [5, 5.41) is 7.02. The van der Waals surface area contributed by atoms with Crippen LogP contribution < -0.4 is 5.32 Å². The molecule has 1 saturated heterocycles. The third-order valence-electron chi connectivity index (χ3n) is 5.47. The molecule has 2 aliphatic rings. The average molecular weight is 411 g/mol. The fraction of sp³-hybridized carbons (Fsp3) is 0.474. The number of alkyl halides is 3. The molecule has 1 aromatic heterocycles. The molecule has 0 bridgehead atoms. The van der Waals surface area contributed by atoms with Gasteiger partial charge < -0.3 is 15.1 Å². The maximum absolute atomic E-state index is 13.7. The van der Waals surface area contributed by atoms with Crippen molar-refractivity contribution in [3.05, 3.63) is 47.4 Å². The van der Waals surface area contributed by atoms with Crippen LogP contribution in [0.2, 0.25) is 0 Å². The number of amides is 1. The first-order valence-corrected chi connectivity index (χ1v) is 9.38. The van der Waals surface area contributed by atoms with E-state index in [0.29, 0.717) is 31.7 Å². The molecule has 4 rings (SSSR count). The molecule has 2 aliphatic heterocycles. The van der Waals surface area contributed by atoms with Gasteiger partial charge in [0.2, 0.25) is 0 Å². The maximum atomic E-state index is 13.7. The number of anilines is 1. The van der Waals surface area contributed by atoms with Crippen LogP contribution in [0.3, 0.4) is 0 Å². The minimum Gasteiger partial charge on any atom is -0.363 e. The standard InChI is InChI=1S/C19H21F4N5O/c1-26-6-8-27(9-7-26)18(29)15-11-17-24-14(12-2-4-13(20)5-3-12)10-16(19(21,22)23)28(17)25-15/h2-5,11,14,16,24H,6-10H2,1H3/t14-,16+/m0/s1. The fourth-order valence-electron chi connectivity index (χ4n) is 3.76. The molecule has 0 aliphatic carbocycles. The van der Waals surface area contributed by atoms with Gasteiger partial charge in [0.1, 0.15) is 11.6 Å². The second kappa shape index (κ2) is 7.33. The number of carbonyl (C=O) groups excluding carboxylic acids is 1. The van der Waals surface area contributed by atoms with Gasteiger partial charge in [0, 0.05) is 38.7 Å². The van der Waals surface area contributed by atoms with Crippen molar-refractivity contribution < 1.29 is 22.4 Å². The molecule has 0 unspecified atom stereocenters. The molecule has 10 heteroatoms. The van der Waals surface area contributed by atoms with E-state index >= 15 is 0 Å². The van der Waals surface area contributed by atoms with Crippen molar-refractivity contribution in [2.24, 2.45) is 0 Å². The Morgan fingerprint density at radius 1 is 1.14 bits per heavy atom. The second-order valence-electron chi connectivity index (χ2n) is 7.50. The lowest BCUT2D eigenvalue weighted by Gasteiger charge is -2.33. The molecular formula is C19H21F4N5O. The van der Waals surface area contributed by atoms with Gasteiger partial charge in [-0.2, -0.15) is 18.3 Å². The summed E-state index contributed by atoms with van der Waals surface area (Å²) in [6, 6.07) is 4.18. The summed E-state index contributed by atoms with van der Waals surface area (Å²) in [4.78, 5) is 16.4. The number of aromatic nitrogens is 2. The highest BCUT2D eigenvalue weighted by atomic mass is 19.4. The highest BCUT2D eigenvalue weighted by Crippen LogP contribution is 2.43. The van der Waals surface area contributed by atoms with Crippen LogP contribution in [0.4, 0.5) is 23.4 Å². The SMILES string of the molecule is CN1CCN(C(=O)c2cc3n(n2)[C@@H](C(F)(F)F)C[C@@H](c2ccc(F)cc2)N3)CC1. The average Bonchev–Trinajstić information content (AvgIpc) is 3.11. The summed E-state index contributed by atoms with van der Waals surface area (Å²) in [5.74, 6) is -0.700. The highest BCUT2D eigenvalue weighted by Gasteiger charge is 2.47. The highest BCUT2D eigenvalue weighted by molar-refractivity contribution is 5.93. The Bertz CT molecular complexity index is 887. The molecule has 6 nitrogen and oxygen atoms in total. The third-order valence-corrected chi connectivity index (χ3v) is 5.47. The van der Waals surface area contributed by atoms with Crippen LogP contribution in [0.1, 0.15) is 34.6 Å². The van der Waals surface area contributed by atoms with Gasteiger partial charge in [-0.15, -0.1) is 0 Å². The molecule has 29 heavy (non-hydrogen) atoms. The van der Waals surface area contributed by atoms with E-state index in [4.69, 9.17) is 0 Å². The van der Waals surface area contributed by atoms with Crippen molar-refractivity contribution in [2.45, 2.75) is 24.7 Å². The monoisotopic (exact) mass is 411 g/mol. The Labute approximate surface area is 165 Å². The van der Waals surface area contributed by atoms with E-state index in [-0.39, 0.29) is 23.8 Å². The van der Waals surface area contributed by atoms with Crippen molar-refractivity contribution >= 4 is 11.7 Å². The van der Waals surface area contributed by atoms with Crippen molar-refractivity contribution in [1.82, 2.24) is 19.6 Å². The van der Waals surface area contributed by atoms with Gasteiger partial charge in [-0.1, -0.05) is 12.1 Å². The Hall–Kier alpha value is -2.62. The normalized spacial score (nSPS) is 22.9. The number of hydrogen-bond donors (Lipinski definition) is 1. The molecular weight excluding hydrogens is 390 g/mol. The molecule has 1 aromatic carbocycles. The lowest BCUT2D eigenvalue weighted by atomic mass is 9.97. The number of fused-ring (bicyclic) bond motifs is 1. The van der Waals surface area contributed by atoms with E-state index in [1.165, 1.54) is 30.3 Å². The number of carbonyl (C=O) groups is 1. The number of hydrogen-bond acceptors (Lipinski definition) is 4. The van der Waals surface area contributed by atoms with E-state index in [1.54, 1.807) is 4.90 Å². The number of nitrogens with zero attached hydrogens (tertiary/aromatic N) is 4. The summed E-state index contributed by atoms with van der Waals surface area (Å²) in [6.07, 6.45) is -4.83. The molecule has 2 atom stereocenters. The number of benzene rings is 1. The number of piperazine rings is 1. The first kappa shape index (κ1) is 19.7. The zero-order chi connectivity index (χ0) is 20.8. The zero-order valence-corrected chi connectivity index (χ0v) is 15.8. The molecule has 156 valence electrons. The molecule has 1 amide bonds. The van der Waals surface area contributed by atoms with Gasteiger partial charge in [0.05, 0.1) is 6.04 Å². The van der Waals surface area contributed by atoms with Crippen LogP contribution >= 0.6 is 0 Å². The molecule has 0 radical (unpaired) electrons. The molecule has 3 heterocycles. The van der Waals surface area contributed by atoms with E-state index in [9.17, 15) is 22.4 Å². The minimum absolute atomic E-state index is 0.00828. The van der Waals surface area contributed by atoms with E-state index in [2.05, 4.69) is 15.3 Å². The van der Waals surface area contributed by atoms with Gasteiger partial charge in [-0.05, 0) is 24.7 Å². The topological polar surface area (TPSA) is 53.4 Å². The maximum Gasteiger partial charge on any atom is 0.410 e. The Kier molecular flexibility index (Phi) is 4.97. The fourth-order valence-corrected chi connectivity index (χ4v) is 3.76. The molecule has 2 aromatic rings. The van der Waals surface area contributed by atoms with Crippen molar-refractivity contribution in [3.63, 3.8) is 0 Å². The number of likely N-dealkylation sites (N-methyl/N-ethyl adjacent to an activating group) is 1. The molecule has 1 fully saturated rings. The van der Waals surface area contributed by atoms with Gasteiger partial charge in [0.25, 0.3) is 5.91 Å². The summed E-state index contributed by atoms with van der Waals surface area (Å²) < 4.78 is 55.2. The summed E-state index contributed by atoms with van der Waals surface area (Å²) >= 11 is 0. The Morgan fingerprint density at radius 2 is 1.79 bits per heavy atom. The summed E-state index contributed by atoms with van der Waals surface area (Å²) in [6.45, 7) is 2.42. The number of nitrogens with one attached hydrogen (secondary N) is 1. The van der Waals surface area contributed by atoms with Crippen LogP contribution in [-0.4, -0.2) is 64.9 Å². The van der Waals surface area contributed by atoms with Gasteiger partial charge in [0.15, 0.2) is 11.7 Å². The third kappa shape index (κ3) is 3.93. The zero-order valence-electron chi connectivity index (χ0n) is 15.8. The number of halogens is 4. The van der Waals surface area contributed by atoms with Crippen molar-refractivity contribution in [1.29, 1.82) is 0 Å². The van der Waals surface area contributed by atoms with Gasteiger partial charge in [-0.25, -0.2) is 9.07 Å². The van der Waals surface area contributed by atoms with Crippen LogP contribution in [0, 0.1) is 5.82 Å². The van der Waals surface area contributed by atoms with Crippen molar-refractivity contribution in [3.8, 4) is 0 Å². The van der Waals surface area contributed by atoms with Crippen LogP contribution in [-0.2, 0) is 0 Å². The first-order chi connectivity index (χ1) is 13.7. The van der Waals surface area contributed by atoms with Gasteiger partial charge >= 0.3 is 6.18 Å². The van der Waals surface area contributed by atoms with Crippen LogP contribution in [0.25, 0.3) is 0 Å². The minimum atomic E-state index is -4.53. The van der Waals surface area contributed by atoms with Crippen molar-refractivity contribution in [2.75, 3.05) is 38.5 Å². The predicted octanol–water partition coefficient (Wildman–Crippen LogP) is 3.07. The molecule has 0 saturated carbocycles. The largest absolute Gasteiger partial charge is 0.410 e. The lowest BCUT2D eigenvalue weighted by molar-refractivity contribution is -0.173. The second-order valence-corrected chi connectivity index (χ2v) is 7.50. The molecule has 0 spiro atoms. The van der Waals surface area contributed by atoms with E-state index < -0.39 is 24.1 Å².